The van der Waals surface area contributed by atoms with E-state index in [1.54, 1.807) is 16.2 Å². The van der Waals surface area contributed by atoms with Crippen LogP contribution < -0.4 is 0 Å². The Morgan fingerprint density at radius 2 is 1.82 bits per heavy atom. The van der Waals surface area contributed by atoms with E-state index in [0.29, 0.717) is 26.1 Å². The van der Waals surface area contributed by atoms with Crippen LogP contribution >= 0.6 is 11.3 Å². The molecule has 1 unspecified atom stereocenters. The average Bonchev–Trinajstić information content (AvgIpc) is 3.48. The molecule has 0 N–H and O–H groups in total. The van der Waals surface area contributed by atoms with Gasteiger partial charge in [0.15, 0.2) is 0 Å². The Bertz CT molecular complexity index is 861. The minimum Gasteiger partial charge on any atom is -0.376 e. The number of nitrogens with zero attached hydrogens (tertiary/aromatic N) is 2. The Morgan fingerprint density at radius 1 is 1.00 bits per heavy atom. The molecular weight excluding hydrogens is 432 g/mol. The van der Waals surface area contributed by atoms with Crippen LogP contribution in [0.4, 0.5) is 0 Å². The summed E-state index contributed by atoms with van der Waals surface area (Å²) in [4.78, 5) is 32.6. The molecular formula is C27H38N2O3S. The van der Waals surface area contributed by atoms with Crippen molar-refractivity contribution in [3.8, 4) is 0 Å². The van der Waals surface area contributed by atoms with Gasteiger partial charge in [-0.3, -0.25) is 9.59 Å². The first-order valence-electron chi connectivity index (χ1n) is 12.3. The van der Waals surface area contributed by atoms with E-state index < -0.39 is 0 Å². The number of carbonyl (C=O) groups is 2. The van der Waals surface area contributed by atoms with Gasteiger partial charge in [-0.25, -0.2) is 0 Å². The fourth-order valence-electron chi connectivity index (χ4n) is 4.21. The smallest absolute Gasteiger partial charge is 0.242 e. The first kappa shape index (κ1) is 25.4. The molecule has 1 aliphatic rings. The first-order chi connectivity index (χ1) is 16.0. The number of hydrogen-bond acceptors (Lipinski definition) is 4. The zero-order chi connectivity index (χ0) is 23.5. The van der Waals surface area contributed by atoms with E-state index in [4.69, 9.17) is 4.74 Å². The fraction of sp³-hybridized carbons (Fsp3) is 0.556. The number of aryl methyl sites for hydroxylation is 1. The van der Waals surface area contributed by atoms with Crippen LogP contribution in [-0.4, -0.2) is 47.4 Å². The summed E-state index contributed by atoms with van der Waals surface area (Å²) in [6.07, 6.45) is 6.74. The molecule has 2 amide bonds. The molecule has 180 valence electrons. The molecule has 2 aromatic rings. The topological polar surface area (TPSA) is 49.9 Å². The lowest BCUT2D eigenvalue weighted by Gasteiger charge is -2.29. The van der Waals surface area contributed by atoms with Crippen LogP contribution in [0.15, 0.2) is 42.5 Å². The summed E-state index contributed by atoms with van der Waals surface area (Å²) in [7, 11) is 0. The van der Waals surface area contributed by atoms with Crippen molar-refractivity contribution in [2.75, 3.05) is 19.7 Å². The van der Waals surface area contributed by atoms with E-state index in [0.717, 1.165) is 55.6 Å². The van der Waals surface area contributed by atoms with Crippen molar-refractivity contribution in [1.29, 1.82) is 0 Å². The predicted octanol–water partition coefficient (Wildman–Crippen LogP) is 5.56. The molecule has 1 aromatic carbocycles. The van der Waals surface area contributed by atoms with Gasteiger partial charge in [0.1, 0.15) is 0 Å². The van der Waals surface area contributed by atoms with Crippen LogP contribution in [0.1, 0.15) is 67.2 Å². The first-order valence-corrected chi connectivity index (χ1v) is 13.1. The van der Waals surface area contributed by atoms with Gasteiger partial charge in [-0.2, -0.15) is 0 Å². The lowest BCUT2D eigenvalue weighted by Crippen LogP contribution is -2.45. The van der Waals surface area contributed by atoms with Crippen molar-refractivity contribution in [1.82, 2.24) is 9.80 Å². The maximum atomic E-state index is 13.5. The summed E-state index contributed by atoms with van der Waals surface area (Å²) in [5, 5.41) is 0. The third kappa shape index (κ3) is 8.59. The number of thiophene rings is 1. The van der Waals surface area contributed by atoms with Crippen LogP contribution in [0, 0.1) is 6.92 Å². The molecule has 33 heavy (non-hydrogen) atoms. The standard InChI is InChI=1S/C27H38N2O3S/c1-3-4-5-9-14-26(30)29(19-24-13-10-17-32-24)21-27(31)28(18-23-11-7-6-8-12-23)20-25-16-15-22(2)33-25/h6-8,11-12,15-16,24H,3-5,9-10,13-14,17-21H2,1-2H3. The van der Waals surface area contributed by atoms with Crippen molar-refractivity contribution < 1.29 is 14.3 Å². The van der Waals surface area contributed by atoms with E-state index in [1.165, 1.54) is 4.88 Å². The van der Waals surface area contributed by atoms with Crippen molar-refractivity contribution in [3.05, 3.63) is 57.8 Å². The predicted molar refractivity (Wildman–Crippen MR) is 134 cm³/mol. The molecule has 6 heteroatoms. The average molecular weight is 471 g/mol. The molecule has 1 aromatic heterocycles. The van der Waals surface area contributed by atoms with Crippen molar-refractivity contribution in [3.63, 3.8) is 0 Å². The molecule has 2 heterocycles. The normalized spacial score (nSPS) is 15.5. The molecule has 0 bridgehead atoms. The van der Waals surface area contributed by atoms with Gasteiger partial charge >= 0.3 is 0 Å². The highest BCUT2D eigenvalue weighted by Gasteiger charge is 2.26. The van der Waals surface area contributed by atoms with Gasteiger partial charge in [0.2, 0.25) is 11.8 Å². The number of ether oxygens (including phenoxy) is 1. The van der Waals surface area contributed by atoms with E-state index >= 15 is 0 Å². The number of rotatable bonds is 13. The van der Waals surface area contributed by atoms with E-state index in [2.05, 4.69) is 26.0 Å². The van der Waals surface area contributed by atoms with Crippen LogP contribution in [0.2, 0.25) is 0 Å². The Morgan fingerprint density at radius 3 is 2.48 bits per heavy atom. The van der Waals surface area contributed by atoms with E-state index in [9.17, 15) is 9.59 Å². The fourth-order valence-corrected chi connectivity index (χ4v) is 5.11. The third-order valence-electron chi connectivity index (χ3n) is 6.08. The van der Waals surface area contributed by atoms with Crippen LogP contribution in [0.25, 0.3) is 0 Å². The van der Waals surface area contributed by atoms with Gasteiger partial charge in [0.25, 0.3) is 0 Å². The zero-order valence-corrected chi connectivity index (χ0v) is 20.9. The summed E-state index contributed by atoms with van der Waals surface area (Å²) >= 11 is 1.72. The number of hydrogen-bond donors (Lipinski definition) is 0. The molecule has 5 nitrogen and oxygen atoms in total. The zero-order valence-electron chi connectivity index (χ0n) is 20.1. The van der Waals surface area contributed by atoms with Gasteiger partial charge < -0.3 is 14.5 Å². The molecule has 0 aliphatic carbocycles. The second-order valence-corrected chi connectivity index (χ2v) is 10.3. The quantitative estimate of drug-likeness (QED) is 0.360. The molecule has 0 saturated carbocycles. The summed E-state index contributed by atoms with van der Waals surface area (Å²) in [5.41, 5.74) is 1.09. The summed E-state index contributed by atoms with van der Waals surface area (Å²) < 4.78 is 5.80. The summed E-state index contributed by atoms with van der Waals surface area (Å²) in [6, 6.07) is 14.3. The van der Waals surface area contributed by atoms with Crippen molar-refractivity contribution in [2.45, 2.75) is 78.0 Å². The largest absolute Gasteiger partial charge is 0.376 e. The highest BCUT2D eigenvalue weighted by atomic mass is 32.1. The van der Waals surface area contributed by atoms with Gasteiger partial charge in [-0.15, -0.1) is 11.3 Å². The summed E-state index contributed by atoms with van der Waals surface area (Å²) in [6.45, 7) is 6.72. The second kappa shape index (κ2) is 13.5. The molecule has 0 spiro atoms. The van der Waals surface area contributed by atoms with Crippen molar-refractivity contribution in [2.24, 2.45) is 0 Å². The van der Waals surface area contributed by atoms with E-state index in [1.807, 2.05) is 35.2 Å². The Hall–Kier alpha value is -2.18. The van der Waals surface area contributed by atoms with Crippen molar-refractivity contribution >= 4 is 23.2 Å². The number of amides is 2. The van der Waals surface area contributed by atoms with Gasteiger partial charge in [-0.1, -0.05) is 56.5 Å². The maximum absolute atomic E-state index is 13.5. The molecule has 1 fully saturated rings. The second-order valence-electron chi connectivity index (χ2n) is 8.97. The number of benzene rings is 1. The van der Waals surface area contributed by atoms with E-state index in [-0.39, 0.29) is 24.5 Å². The maximum Gasteiger partial charge on any atom is 0.242 e. The number of carbonyl (C=O) groups excluding carboxylic acids is 2. The Kier molecular flexibility index (Phi) is 10.4. The Balaban J connectivity index is 1.69. The van der Waals surface area contributed by atoms with Gasteiger partial charge in [0, 0.05) is 35.9 Å². The molecule has 1 aliphatic heterocycles. The SMILES string of the molecule is CCCCCCC(=O)N(CC(=O)N(Cc1ccccc1)Cc1ccc(C)s1)CC1CCCO1. The monoisotopic (exact) mass is 470 g/mol. The molecule has 0 radical (unpaired) electrons. The number of unbranched alkanes of at least 4 members (excludes halogenated alkanes) is 3. The summed E-state index contributed by atoms with van der Waals surface area (Å²) in [5.74, 6) is 0.0615. The lowest BCUT2D eigenvalue weighted by atomic mass is 10.1. The van der Waals surface area contributed by atoms with Crippen LogP contribution in [-0.2, 0) is 27.4 Å². The third-order valence-corrected chi connectivity index (χ3v) is 7.07. The molecule has 1 saturated heterocycles. The molecule has 1 atom stereocenters. The Labute approximate surface area is 202 Å². The van der Waals surface area contributed by atoms with Crippen LogP contribution in [0.3, 0.4) is 0 Å². The van der Waals surface area contributed by atoms with Gasteiger partial charge in [-0.05, 0) is 43.9 Å². The highest BCUT2D eigenvalue weighted by Crippen LogP contribution is 2.20. The molecule has 3 rings (SSSR count). The van der Waals surface area contributed by atoms with Crippen LogP contribution in [0.5, 0.6) is 0 Å². The lowest BCUT2D eigenvalue weighted by molar-refractivity contribution is -0.142. The highest BCUT2D eigenvalue weighted by molar-refractivity contribution is 7.11. The van der Waals surface area contributed by atoms with Gasteiger partial charge in [0.05, 0.1) is 19.2 Å². The minimum atomic E-state index is -0.00943. The minimum absolute atomic E-state index is 0.00943.